The lowest BCUT2D eigenvalue weighted by atomic mass is 9.42. The third-order valence-corrected chi connectivity index (χ3v) is 11.9. The Balaban J connectivity index is 1.36. The van der Waals surface area contributed by atoms with Gasteiger partial charge in [0.15, 0.2) is 23.8 Å². The first-order valence-electron chi connectivity index (χ1n) is 15.6. The molecular weight excluding hydrogens is 583 g/mol. The number of Topliss-reactive ketones (excluding diaryl/α,β-unsaturated/α-hetero) is 1. The van der Waals surface area contributed by atoms with E-state index in [1.165, 1.54) is 13.8 Å². The first kappa shape index (κ1) is 33.2. The molecule has 1 heterocycles. The normalized spacial score (nSPS) is 48.3. The van der Waals surface area contributed by atoms with E-state index in [1.54, 1.807) is 0 Å². The highest BCUT2D eigenvalue weighted by molar-refractivity contribution is 5.83. The van der Waals surface area contributed by atoms with E-state index in [4.69, 9.17) is 18.9 Å². The number of esters is 2. The molecule has 5 fully saturated rings. The van der Waals surface area contributed by atoms with Crippen molar-refractivity contribution in [3.05, 3.63) is 0 Å². The van der Waals surface area contributed by atoms with E-state index in [9.17, 15) is 39.6 Å². The van der Waals surface area contributed by atoms with Gasteiger partial charge in [-0.2, -0.15) is 0 Å². The lowest BCUT2D eigenvalue weighted by molar-refractivity contribution is -0.292. The number of carboxylic acid groups (broad SMARTS) is 1. The number of fused-ring (bicyclic) bond motifs is 5. The number of aliphatic carboxylic acids is 1. The Morgan fingerprint density at radius 3 is 2.18 bits per heavy atom. The van der Waals surface area contributed by atoms with Crippen molar-refractivity contribution in [1.29, 1.82) is 0 Å². The van der Waals surface area contributed by atoms with Gasteiger partial charge in [0, 0.05) is 31.1 Å². The van der Waals surface area contributed by atoms with Gasteiger partial charge < -0.3 is 39.4 Å². The zero-order valence-electron chi connectivity index (χ0n) is 25.6. The lowest BCUT2D eigenvalue weighted by Crippen LogP contribution is -2.70. The molecule has 5 aliphatic rings. The third kappa shape index (κ3) is 5.26. The molecule has 0 radical (unpaired) electrons. The highest BCUT2D eigenvalue weighted by Gasteiger charge is 2.73. The molecule has 0 bridgehead atoms. The number of rotatable bonds is 7. The molecule has 4 saturated carbocycles. The molecule has 4 aliphatic carbocycles. The van der Waals surface area contributed by atoms with Gasteiger partial charge >= 0.3 is 17.9 Å². The molecule has 1 saturated heterocycles. The standard InChI is InChI=1S/C31H45FO12/c1-14(33)42-17-9-10-30(4)16(11-17)5-6-19-18-7-8-20(29(18,3)12-22(31(19,30)32)43-15(2)34)21(35)13-41-28-25(38)23(36)24(37)26(44-28)27(39)40/h16-20,22-26,28,36-38H,5-13H2,1-4H3,(H,39,40)/t16-,17+,18?,19?,20-,22-,23+,24+,25-,26+,28?,29+,30+,31+/m1/s1. The maximum Gasteiger partial charge on any atom is 0.335 e. The summed E-state index contributed by atoms with van der Waals surface area (Å²) in [5, 5.41) is 39.6. The molecular formula is C31H45FO12. The van der Waals surface area contributed by atoms with Crippen LogP contribution in [0.1, 0.15) is 79.1 Å². The monoisotopic (exact) mass is 628 g/mol. The SMILES string of the molecule is CC(=O)O[C@H]1CC[C@@]2(C)[C@H](CCC3C4CC[C@H](C(=O)COC5O[C@H](C(=O)O)[C@@H](O)[C@H](O)[C@H]5O)[C@@]4(C)C[C@@H](OC(C)=O)[C@@]32F)C1. The first-order valence-corrected chi connectivity index (χ1v) is 15.6. The average Bonchev–Trinajstić information content (AvgIpc) is 3.28. The van der Waals surface area contributed by atoms with E-state index < -0.39 is 83.7 Å². The Bertz CT molecular complexity index is 1160. The Kier molecular flexibility index (Phi) is 8.95. The molecule has 14 atom stereocenters. The minimum Gasteiger partial charge on any atom is -0.479 e. The van der Waals surface area contributed by atoms with Crippen LogP contribution < -0.4 is 0 Å². The lowest BCUT2D eigenvalue weighted by Gasteiger charge is -2.65. The number of ketones is 1. The van der Waals surface area contributed by atoms with Crippen LogP contribution in [-0.2, 0) is 38.1 Å². The van der Waals surface area contributed by atoms with E-state index in [1.807, 2.05) is 13.8 Å². The molecule has 0 aromatic rings. The molecule has 0 amide bonds. The fourth-order valence-corrected chi connectivity index (χ4v) is 9.84. The van der Waals surface area contributed by atoms with Crippen LogP contribution in [0.3, 0.4) is 0 Å². The van der Waals surface area contributed by atoms with Gasteiger partial charge in [-0.05, 0) is 68.6 Å². The predicted molar refractivity (Wildman–Crippen MR) is 147 cm³/mol. The van der Waals surface area contributed by atoms with Crippen molar-refractivity contribution in [3.8, 4) is 0 Å². The highest BCUT2D eigenvalue weighted by atomic mass is 19.1. The number of halogens is 1. The number of carbonyl (C=O) groups excluding carboxylic acids is 3. The first-order chi connectivity index (χ1) is 20.5. The van der Waals surface area contributed by atoms with Gasteiger partial charge in [-0.25, -0.2) is 9.18 Å². The predicted octanol–water partition coefficient (Wildman–Crippen LogP) is 1.69. The highest BCUT2D eigenvalue weighted by Crippen LogP contribution is 2.71. The summed E-state index contributed by atoms with van der Waals surface area (Å²) >= 11 is 0. The van der Waals surface area contributed by atoms with E-state index in [0.29, 0.717) is 38.5 Å². The van der Waals surface area contributed by atoms with Crippen molar-refractivity contribution < 1.29 is 62.9 Å². The number of alkyl halides is 1. The topological polar surface area (TPSA) is 186 Å². The molecule has 12 nitrogen and oxygen atoms in total. The van der Waals surface area contributed by atoms with Crippen molar-refractivity contribution in [3.63, 3.8) is 0 Å². The van der Waals surface area contributed by atoms with Gasteiger partial charge in [-0.15, -0.1) is 0 Å². The molecule has 13 heteroatoms. The van der Waals surface area contributed by atoms with Crippen LogP contribution in [0.15, 0.2) is 0 Å². The van der Waals surface area contributed by atoms with Crippen LogP contribution in [-0.4, -0.2) is 99.3 Å². The van der Waals surface area contributed by atoms with Gasteiger partial charge in [0.05, 0.1) is 0 Å². The number of ether oxygens (including phenoxy) is 4. The van der Waals surface area contributed by atoms with Crippen LogP contribution >= 0.6 is 0 Å². The summed E-state index contributed by atoms with van der Waals surface area (Å²) in [6, 6.07) is 0. The summed E-state index contributed by atoms with van der Waals surface area (Å²) in [7, 11) is 0. The Morgan fingerprint density at radius 1 is 0.886 bits per heavy atom. The Hall–Kier alpha value is -2.19. The van der Waals surface area contributed by atoms with Gasteiger partial charge in [0.1, 0.15) is 37.1 Å². The van der Waals surface area contributed by atoms with Crippen molar-refractivity contribution in [1.82, 2.24) is 0 Å². The van der Waals surface area contributed by atoms with Gasteiger partial charge in [0.25, 0.3) is 0 Å². The Morgan fingerprint density at radius 2 is 1.55 bits per heavy atom. The molecule has 0 spiro atoms. The van der Waals surface area contributed by atoms with E-state index >= 15 is 4.39 Å². The van der Waals surface area contributed by atoms with E-state index in [2.05, 4.69) is 0 Å². The van der Waals surface area contributed by atoms with Crippen LogP contribution in [0, 0.1) is 34.5 Å². The van der Waals surface area contributed by atoms with Crippen molar-refractivity contribution >= 4 is 23.7 Å². The van der Waals surface area contributed by atoms with Crippen LogP contribution in [0.4, 0.5) is 4.39 Å². The fraction of sp³-hybridized carbons (Fsp3) is 0.871. The van der Waals surface area contributed by atoms with Gasteiger partial charge in [-0.3, -0.25) is 14.4 Å². The van der Waals surface area contributed by atoms with E-state index in [-0.39, 0.29) is 36.1 Å². The van der Waals surface area contributed by atoms with Crippen LogP contribution in [0.2, 0.25) is 0 Å². The molecule has 0 aromatic carbocycles. The maximum absolute atomic E-state index is 18.1. The molecule has 5 rings (SSSR count). The van der Waals surface area contributed by atoms with Crippen LogP contribution in [0.5, 0.6) is 0 Å². The van der Waals surface area contributed by atoms with Crippen molar-refractivity contribution in [2.45, 2.75) is 128 Å². The number of carboxylic acids is 1. The minimum atomic E-state index is -1.89. The largest absolute Gasteiger partial charge is 0.479 e. The average molecular weight is 629 g/mol. The van der Waals surface area contributed by atoms with E-state index in [0.717, 1.165) is 6.42 Å². The molecule has 1 aliphatic heterocycles. The third-order valence-electron chi connectivity index (χ3n) is 11.9. The van der Waals surface area contributed by atoms with Crippen molar-refractivity contribution in [2.75, 3.05) is 6.61 Å². The molecule has 248 valence electrons. The zero-order valence-corrected chi connectivity index (χ0v) is 25.6. The second kappa shape index (κ2) is 11.9. The smallest absolute Gasteiger partial charge is 0.335 e. The van der Waals surface area contributed by atoms with Gasteiger partial charge in [0.2, 0.25) is 0 Å². The number of aliphatic hydroxyl groups excluding tert-OH is 3. The summed E-state index contributed by atoms with van der Waals surface area (Å²) in [5.74, 6) is -4.19. The fourth-order valence-electron chi connectivity index (χ4n) is 9.84. The van der Waals surface area contributed by atoms with Crippen molar-refractivity contribution in [2.24, 2.45) is 34.5 Å². The van der Waals surface area contributed by atoms with Gasteiger partial charge in [-0.1, -0.05) is 13.8 Å². The number of hydrogen-bond donors (Lipinski definition) is 4. The minimum absolute atomic E-state index is 0.0677. The Labute approximate surface area is 255 Å². The molecule has 44 heavy (non-hydrogen) atoms. The number of aliphatic hydroxyl groups is 3. The summed E-state index contributed by atoms with van der Waals surface area (Å²) < 4.78 is 40.0. The van der Waals surface area contributed by atoms with Crippen LogP contribution in [0.25, 0.3) is 0 Å². The molecule has 3 unspecified atom stereocenters. The summed E-state index contributed by atoms with van der Waals surface area (Å²) in [6.07, 6.45) is -6.46. The summed E-state index contributed by atoms with van der Waals surface area (Å²) in [4.78, 5) is 49.1. The molecule has 4 N–H and O–H groups in total. The second-order valence-corrected chi connectivity index (χ2v) is 14.1. The molecule has 0 aromatic heterocycles. The second-order valence-electron chi connectivity index (χ2n) is 14.1. The summed E-state index contributed by atoms with van der Waals surface area (Å²) in [5.41, 5.74) is -3.39. The number of carbonyl (C=O) groups is 4. The maximum atomic E-state index is 18.1. The zero-order chi connectivity index (χ0) is 32.4. The summed E-state index contributed by atoms with van der Waals surface area (Å²) in [6.45, 7) is 5.92. The quantitative estimate of drug-likeness (QED) is 0.300. The number of hydrogen-bond acceptors (Lipinski definition) is 11.